The molecule has 2 amide bonds. The van der Waals surface area contributed by atoms with Crippen LogP contribution < -0.4 is 15.8 Å². The van der Waals surface area contributed by atoms with E-state index in [2.05, 4.69) is 25.1 Å². The lowest BCUT2D eigenvalue weighted by atomic mass is 9.77. The van der Waals surface area contributed by atoms with Crippen LogP contribution in [0.2, 0.25) is 0 Å². The molecule has 47 heavy (non-hydrogen) atoms. The van der Waals surface area contributed by atoms with Gasteiger partial charge in [-0.3, -0.25) is 14.6 Å². The van der Waals surface area contributed by atoms with E-state index >= 15 is 4.39 Å². The molecule has 3 N–H and O–H groups in total. The maximum absolute atomic E-state index is 15.4. The van der Waals surface area contributed by atoms with Gasteiger partial charge in [0.2, 0.25) is 5.88 Å². The minimum atomic E-state index is -5.26. The van der Waals surface area contributed by atoms with Crippen LogP contribution in [0, 0.1) is 5.92 Å². The molecule has 3 fully saturated rings. The molecule has 3 atom stereocenters. The van der Waals surface area contributed by atoms with Crippen LogP contribution in [0.3, 0.4) is 0 Å². The van der Waals surface area contributed by atoms with E-state index < -0.39 is 49.1 Å². The topological polar surface area (TPSA) is 140 Å². The van der Waals surface area contributed by atoms with E-state index in [4.69, 9.17) is 10.5 Å². The van der Waals surface area contributed by atoms with E-state index in [-0.39, 0.29) is 55.7 Å². The molecule has 2 saturated heterocycles. The van der Waals surface area contributed by atoms with Gasteiger partial charge in [0.15, 0.2) is 5.82 Å². The average Bonchev–Trinajstić information content (AvgIpc) is 3.50. The van der Waals surface area contributed by atoms with Crippen molar-refractivity contribution in [3.63, 3.8) is 0 Å². The van der Waals surface area contributed by atoms with Crippen molar-refractivity contribution in [2.75, 3.05) is 32.5 Å². The highest BCUT2D eigenvalue weighted by molar-refractivity contribution is 5.98. The number of nitrogens with two attached hydrogens (primary N) is 1. The molecule has 0 bridgehead atoms. The van der Waals surface area contributed by atoms with Crippen molar-refractivity contribution in [1.82, 2.24) is 34.7 Å². The summed E-state index contributed by atoms with van der Waals surface area (Å²) in [6.45, 7) is -0.0636. The number of nitrogen functional groups attached to an aromatic ring is 1. The Morgan fingerprint density at radius 1 is 1.15 bits per heavy atom. The molecule has 12 nitrogen and oxygen atoms in total. The molecule has 6 rings (SSSR count). The van der Waals surface area contributed by atoms with Crippen molar-refractivity contribution < 1.29 is 45.4 Å². The molecule has 1 aliphatic carbocycles. The predicted molar refractivity (Wildman–Crippen MR) is 153 cm³/mol. The zero-order valence-electron chi connectivity index (χ0n) is 25.1. The fraction of sp³-hybridized carbons (Fsp3) is 0.552. The third-order valence-electron chi connectivity index (χ3n) is 9.08. The number of alkyl halides is 6. The van der Waals surface area contributed by atoms with Crippen molar-refractivity contribution in [2.45, 2.75) is 69.2 Å². The number of nitrogens with zero attached hydrogens (tertiary/aromatic N) is 6. The van der Waals surface area contributed by atoms with E-state index in [0.29, 0.717) is 40.1 Å². The van der Waals surface area contributed by atoms with Gasteiger partial charge in [-0.05, 0) is 36.5 Å². The first-order valence-corrected chi connectivity index (χ1v) is 15.0. The van der Waals surface area contributed by atoms with E-state index in [1.54, 1.807) is 6.07 Å². The number of fused-ring (bicyclic) bond motifs is 1. The lowest BCUT2D eigenvalue weighted by molar-refractivity contribution is -0.295. The van der Waals surface area contributed by atoms with E-state index in [0.717, 1.165) is 6.42 Å². The van der Waals surface area contributed by atoms with Gasteiger partial charge < -0.3 is 20.5 Å². The van der Waals surface area contributed by atoms with Crippen molar-refractivity contribution >= 4 is 23.3 Å². The number of amides is 2. The van der Waals surface area contributed by atoms with Gasteiger partial charge in [-0.1, -0.05) is 6.42 Å². The van der Waals surface area contributed by atoms with Gasteiger partial charge in [0, 0.05) is 44.2 Å². The number of likely N-dealkylation sites (tertiary alicyclic amines) is 2. The molecule has 0 radical (unpaired) electrons. The summed E-state index contributed by atoms with van der Waals surface area (Å²) in [5.41, 5.74) is 8.00. The molecule has 5 heterocycles. The fourth-order valence-electron chi connectivity index (χ4n) is 6.59. The summed E-state index contributed by atoms with van der Waals surface area (Å²) in [7, 11) is 1.28. The highest BCUT2D eigenvalue weighted by Crippen LogP contribution is 2.40. The van der Waals surface area contributed by atoms with Crippen molar-refractivity contribution in [3.05, 3.63) is 35.8 Å². The van der Waals surface area contributed by atoms with Crippen LogP contribution in [0.15, 0.2) is 24.7 Å². The Morgan fingerprint density at radius 3 is 2.51 bits per heavy atom. The normalized spacial score (nSPS) is 23.5. The number of ether oxygens (including phenoxy) is 2. The Bertz CT molecular complexity index is 1660. The largest absolute Gasteiger partial charge is 0.576 e. The molecule has 0 aromatic carbocycles. The summed E-state index contributed by atoms with van der Waals surface area (Å²) in [5, 5.41) is 6.88. The Balaban J connectivity index is 1.29. The number of aromatic nitrogens is 4. The number of anilines is 1. The molecule has 1 unspecified atom stereocenters. The van der Waals surface area contributed by atoms with Crippen LogP contribution in [0.4, 0.5) is 37.0 Å². The molecule has 3 aromatic heterocycles. The molecular weight excluding hydrogens is 638 g/mol. The number of nitrogens with one attached hydrogen (secondary N) is 1. The standard InChI is InChI=1S/C29H32F6N8O4/c1-46-26-18(25(44)40-21-19(30)13-42(22(21)15-3-2-4-15)27(45)47-29(33,34)35)9-16(11-37-26)20-10-17(23-24(36)38-14-39-43(20)23)12-41-7-5-28(31,32)6-8-41/h9-11,14-15,19,21-22H,2-8,12-13H2,1H3,(H,40,44)(H2,36,38,39)/t19-,21-,22?/m0/s1. The number of methoxy groups -OCH3 is 1. The zero-order chi connectivity index (χ0) is 33.7. The molecule has 1 saturated carbocycles. The molecule has 2 aliphatic heterocycles. The summed E-state index contributed by atoms with van der Waals surface area (Å²) < 4.78 is 91.8. The molecule has 3 aliphatic rings. The number of halogens is 6. The summed E-state index contributed by atoms with van der Waals surface area (Å²) in [5.74, 6) is -3.85. The lowest BCUT2D eigenvalue weighted by Crippen LogP contribution is -2.54. The van der Waals surface area contributed by atoms with E-state index in [9.17, 15) is 31.5 Å². The number of hydrogen-bond acceptors (Lipinski definition) is 9. The quantitative estimate of drug-likeness (QED) is 0.354. The first-order valence-electron chi connectivity index (χ1n) is 15.0. The molecule has 3 aromatic rings. The van der Waals surface area contributed by atoms with Crippen molar-refractivity contribution in [2.24, 2.45) is 5.92 Å². The summed E-state index contributed by atoms with van der Waals surface area (Å²) in [6, 6.07) is 0.783. The maximum Gasteiger partial charge on any atom is 0.576 e. The third kappa shape index (κ3) is 6.59. The first-order chi connectivity index (χ1) is 22.2. The highest BCUT2D eigenvalue weighted by Gasteiger charge is 2.52. The van der Waals surface area contributed by atoms with Gasteiger partial charge in [0.1, 0.15) is 23.6 Å². The Labute approximate surface area is 264 Å². The third-order valence-corrected chi connectivity index (χ3v) is 9.08. The second kappa shape index (κ2) is 12.4. The van der Waals surface area contributed by atoms with Crippen LogP contribution in [0.25, 0.3) is 16.8 Å². The maximum atomic E-state index is 15.4. The second-order valence-corrected chi connectivity index (χ2v) is 12.0. The Morgan fingerprint density at radius 2 is 1.87 bits per heavy atom. The lowest BCUT2D eigenvalue weighted by Gasteiger charge is -2.39. The number of piperidine rings is 1. The van der Waals surface area contributed by atoms with Crippen molar-refractivity contribution in [3.8, 4) is 17.1 Å². The van der Waals surface area contributed by atoms with Gasteiger partial charge in [-0.15, -0.1) is 13.2 Å². The number of carbonyl (C=O) groups is 2. The number of carbonyl (C=O) groups excluding carboxylic acids is 2. The van der Waals surface area contributed by atoms with Crippen molar-refractivity contribution in [1.29, 1.82) is 0 Å². The minimum Gasteiger partial charge on any atom is -0.480 e. The molecule has 0 spiro atoms. The van der Waals surface area contributed by atoms with Crippen LogP contribution in [0.5, 0.6) is 5.88 Å². The van der Waals surface area contributed by atoms with Gasteiger partial charge in [-0.25, -0.2) is 32.4 Å². The Kier molecular flexibility index (Phi) is 8.56. The number of pyridine rings is 1. The monoisotopic (exact) mass is 670 g/mol. The predicted octanol–water partition coefficient (Wildman–Crippen LogP) is 4.19. The average molecular weight is 671 g/mol. The number of rotatable bonds is 7. The van der Waals surface area contributed by atoms with E-state index in [1.165, 1.54) is 30.2 Å². The van der Waals surface area contributed by atoms with Crippen LogP contribution in [0.1, 0.15) is 48.0 Å². The van der Waals surface area contributed by atoms with Gasteiger partial charge >= 0.3 is 12.5 Å². The SMILES string of the molecule is COc1ncc(-c2cc(CN3CCC(F)(F)CC3)c3c(N)ncnn23)cc1C(=O)N[C@@H]1C(C2CCC2)N(C(=O)OC(F)(F)F)C[C@@H]1F. The summed E-state index contributed by atoms with van der Waals surface area (Å²) >= 11 is 0. The molecule has 18 heteroatoms. The Hall–Kier alpha value is -4.35. The van der Waals surface area contributed by atoms with Crippen LogP contribution >= 0.6 is 0 Å². The second-order valence-electron chi connectivity index (χ2n) is 12.0. The zero-order valence-corrected chi connectivity index (χ0v) is 25.1. The molecular formula is C29H32F6N8O4. The smallest absolute Gasteiger partial charge is 0.480 e. The molecule has 254 valence electrons. The van der Waals surface area contributed by atoms with Gasteiger partial charge in [0.25, 0.3) is 11.8 Å². The van der Waals surface area contributed by atoms with E-state index in [1.807, 2.05) is 4.90 Å². The fourth-order valence-corrected chi connectivity index (χ4v) is 6.59. The van der Waals surface area contributed by atoms with Crippen LogP contribution in [-0.2, 0) is 11.3 Å². The highest BCUT2D eigenvalue weighted by atomic mass is 19.4. The summed E-state index contributed by atoms with van der Waals surface area (Å²) in [4.78, 5) is 37.0. The number of hydrogen-bond donors (Lipinski definition) is 2. The van der Waals surface area contributed by atoms with Gasteiger partial charge in [0.05, 0.1) is 31.4 Å². The minimum absolute atomic E-state index is 0.113. The van der Waals surface area contributed by atoms with Gasteiger partial charge in [-0.2, -0.15) is 5.10 Å². The first kappa shape index (κ1) is 32.6. The van der Waals surface area contributed by atoms with Crippen LogP contribution in [-0.4, -0.2) is 98.7 Å². The summed E-state index contributed by atoms with van der Waals surface area (Å²) in [6.07, 6.45) is -4.95.